The minimum atomic E-state index is -4.88. The van der Waals surface area contributed by atoms with E-state index in [0.29, 0.717) is 28.6 Å². The van der Waals surface area contributed by atoms with Gasteiger partial charge < -0.3 is 10.6 Å². The molecule has 2 saturated heterocycles. The number of carbonyl (C=O) groups is 3. The van der Waals surface area contributed by atoms with Gasteiger partial charge in [-0.3, -0.25) is 14.6 Å². The predicted molar refractivity (Wildman–Crippen MR) is 152 cm³/mol. The second-order valence-corrected chi connectivity index (χ2v) is 12.6. The molecule has 10 nitrogen and oxygen atoms in total. The fourth-order valence-electron chi connectivity index (χ4n) is 5.41. The molecular formula is C28H36F3N5O5S. The van der Waals surface area contributed by atoms with E-state index in [1.807, 2.05) is 0 Å². The second-order valence-electron chi connectivity index (χ2n) is 10.8. The number of hydrogen-bond acceptors (Lipinski definition) is 6. The van der Waals surface area contributed by atoms with Gasteiger partial charge in [0.05, 0.1) is 17.8 Å². The molecule has 1 aromatic carbocycles. The standard InChI is InChI=1S/C28H36F3N5O5S/c1-2-3-4-5-6-7-8-9-23-33-25(38)27(34-23)13-15-35(16-14-27)42(40,41)17-12-20-10-11-21(18-22(20)28(29,30)31)36-24(37)19-32-26(36)39/h10-12,17-18H,2-9,13-16,19H2,1H3,(H,32,39)(H,33,34,38). The van der Waals surface area contributed by atoms with Crippen molar-refractivity contribution in [3.8, 4) is 0 Å². The molecule has 2 N–H and O–H groups in total. The summed E-state index contributed by atoms with van der Waals surface area (Å²) in [4.78, 5) is 41.8. The molecule has 1 aromatic rings. The van der Waals surface area contributed by atoms with E-state index in [9.17, 15) is 36.0 Å². The van der Waals surface area contributed by atoms with Crippen LogP contribution in [-0.2, 0) is 25.8 Å². The molecule has 230 valence electrons. The smallest absolute Gasteiger partial charge is 0.328 e. The van der Waals surface area contributed by atoms with Crippen molar-refractivity contribution in [2.24, 2.45) is 4.99 Å². The van der Waals surface area contributed by atoms with E-state index in [4.69, 9.17) is 0 Å². The third-order valence-corrected chi connectivity index (χ3v) is 9.38. The molecule has 2 fully saturated rings. The van der Waals surface area contributed by atoms with Crippen LogP contribution in [-0.4, -0.2) is 61.6 Å². The molecule has 0 radical (unpaired) electrons. The maximum atomic E-state index is 13.8. The van der Waals surface area contributed by atoms with Crippen LogP contribution in [0, 0.1) is 0 Å². The summed E-state index contributed by atoms with van der Waals surface area (Å²) >= 11 is 0. The molecule has 0 aliphatic carbocycles. The van der Waals surface area contributed by atoms with Gasteiger partial charge in [-0.25, -0.2) is 18.1 Å². The van der Waals surface area contributed by atoms with Crippen LogP contribution in [0.2, 0.25) is 0 Å². The number of nitrogens with zero attached hydrogens (tertiary/aromatic N) is 3. The lowest BCUT2D eigenvalue weighted by Gasteiger charge is -2.34. The number of carbonyl (C=O) groups excluding carboxylic acids is 3. The Kier molecular flexibility index (Phi) is 9.76. The monoisotopic (exact) mass is 611 g/mol. The van der Waals surface area contributed by atoms with E-state index in [2.05, 4.69) is 22.5 Å². The number of halogens is 3. The highest BCUT2D eigenvalue weighted by molar-refractivity contribution is 7.92. The third kappa shape index (κ3) is 7.20. The average Bonchev–Trinajstić information content (AvgIpc) is 3.43. The number of unbranched alkanes of at least 4 members (excludes halogenated alkanes) is 6. The van der Waals surface area contributed by atoms with Crippen molar-refractivity contribution in [2.45, 2.75) is 82.8 Å². The van der Waals surface area contributed by atoms with E-state index >= 15 is 0 Å². The zero-order valence-electron chi connectivity index (χ0n) is 23.5. The number of urea groups is 1. The van der Waals surface area contributed by atoms with Crippen molar-refractivity contribution < 1.29 is 36.0 Å². The highest BCUT2D eigenvalue weighted by Crippen LogP contribution is 2.36. The van der Waals surface area contributed by atoms with Gasteiger partial charge in [-0.05, 0) is 43.0 Å². The predicted octanol–water partition coefficient (Wildman–Crippen LogP) is 4.57. The van der Waals surface area contributed by atoms with Crippen LogP contribution in [0.4, 0.5) is 23.7 Å². The molecule has 0 unspecified atom stereocenters. The lowest BCUT2D eigenvalue weighted by atomic mass is 9.89. The number of amides is 4. The average molecular weight is 612 g/mol. The summed E-state index contributed by atoms with van der Waals surface area (Å²) in [5, 5.41) is 5.79. The van der Waals surface area contributed by atoms with Gasteiger partial charge in [0.25, 0.3) is 11.8 Å². The van der Waals surface area contributed by atoms with Crippen molar-refractivity contribution in [1.29, 1.82) is 0 Å². The van der Waals surface area contributed by atoms with Gasteiger partial charge in [0.1, 0.15) is 11.4 Å². The van der Waals surface area contributed by atoms with Crippen molar-refractivity contribution in [3.63, 3.8) is 0 Å². The number of nitrogens with one attached hydrogen (secondary N) is 2. The van der Waals surface area contributed by atoms with Crippen molar-refractivity contribution in [1.82, 2.24) is 14.9 Å². The first-order valence-electron chi connectivity index (χ1n) is 14.3. The lowest BCUT2D eigenvalue weighted by molar-refractivity contribution is -0.137. The Morgan fingerprint density at radius 1 is 1.02 bits per heavy atom. The first-order valence-corrected chi connectivity index (χ1v) is 15.8. The number of amidine groups is 1. The van der Waals surface area contributed by atoms with Gasteiger partial charge in [-0.15, -0.1) is 0 Å². The van der Waals surface area contributed by atoms with Crippen LogP contribution in [0.25, 0.3) is 6.08 Å². The molecule has 0 bridgehead atoms. The zero-order valence-corrected chi connectivity index (χ0v) is 24.3. The first kappa shape index (κ1) is 31.7. The number of sulfonamides is 1. The summed E-state index contributed by atoms with van der Waals surface area (Å²) in [5.41, 5.74) is -2.93. The molecule has 0 atom stereocenters. The molecule has 0 saturated carbocycles. The van der Waals surface area contributed by atoms with E-state index in [-0.39, 0.29) is 44.1 Å². The normalized spacial score (nSPS) is 19.6. The number of alkyl halides is 3. The van der Waals surface area contributed by atoms with Crippen molar-refractivity contribution in [2.75, 3.05) is 24.5 Å². The quantitative estimate of drug-likeness (QED) is 0.265. The number of aliphatic imine (C=N–C) groups is 1. The van der Waals surface area contributed by atoms with Gasteiger partial charge in [0.2, 0.25) is 10.0 Å². The maximum absolute atomic E-state index is 13.8. The van der Waals surface area contributed by atoms with Crippen molar-refractivity contribution in [3.05, 3.63) is 34.7 Å². The van der Waals surface area contributed by atoms with Crippen LogP contribution in [0.5, 0.6) is 0 Å². The Bertz CT molecular complexity index is 1350. The van der Waals surface area contributed by atoms with Gasteiger partial charge in [-0.1, -0.05) is 51.5 Å². The second kappa shape index (κ2) is 12.9. The van der Waals surface area contributed by atoms with E-state index in [0.717, 1.165) is 41.8 Å². The first-order chi connectivity index (χ1) is 19.9. The molecule has 1 spiro atoms. The van der Waals surface area contributed by atoms with E-state index in [1.165, 1.54) is 25.7 Å². The van der Waals surface area contributed by atoms with Crippen LogP contribution >= 0.6 is 0 Å². The molecule has 0 aromatic heterocycles. The molecule has 4 rings (SSSR count). The third-order valence-electron chi connectivity index (χ3n) is 7.82. The Labute approximate surface area is 243 Å². The Morgan fingerprint density at radius 3 is 2.31 bits per heavy atom. The minimum Gasteiger partial charge on any atom is -0.328 e. The highest BCUT2D eigenvalue weighted by atomic mass is 32.2. The van der Waals surface area contributed by atoms with Gasteiger partial charge in [0.15, 0.2) is 0 Å². The minimum absolute atomic E-state index is 0.00838. The number of imide groups is 1. The van der Waals surface area contributed by atoms with Crippen LogP contribution < -0.4 is 15.5 Å². The van der Waals surface area contributed by atoms with E-state index in [1.54, 1.807) is 0 Å². The summed E-state index contributed by atoms with van der Waals surface area (Å²) in [6.45, 7) is 1.83. The highest BCUT2D eigenvalue weighted by Gasteiger charge is 2.47. The topological polar surface area (TPSA) is 128 Å². The van der Waals surface area contributed by atoms with Gasteiger partial charge in [-0.2, -0.15) is 17.5 Å². The summed E-state index contributed by atoms with van der Waals surface area (Å²) in [6, 6.07) is 1.96. The van der Waals surface area contributed by atoms with Gasteiger partial charge >= 0.3 is 12.2 Å². The zero-order chi connectivity index (χ0) is 30.5. The molecule has 42 heavy (non-hydrogen) atoms. The molecule has 4 amide bonds. The van der Waals surface area contributed by atoms with E-state index < -0.39 is 44.8 Å². The Hall–Kier alpha value is -3.26. The summed E-state index contributed by atoms with van der Waals surface area (Å²) in [5.74, 6) is -0.318. The summed E-state index contributed by atoms with van der Waals surface area (Å²) < 4.78 is 68.7. The molecule has 3 heterocycles. The summed E-state index contributed by atoms with van der Waals surface area (Å²) in [6.07, 6.45) is 4.90. The lowest BCUT2D eigenvalue weighted by Crippen LogP contribution is -2.50. The Balaban J connectivity index is 1.39. The fraction of sp³-hybridized carbons (Fsp3) is 0.571. The molecule has 3 aliphatic heterocycles. The molecule has 14 heteroatoms. The Morgan fingerprint density at radius 2 is 1.69 bits per heavy atom. The number of anilines is 1. The fourth-order valence-corrected chi connectivity index (χ4v) is 6.59. The van der Waals surface area contributed by atoms with Crippen LogP contribution in [0.15, 0.2) is 28.6 Å². The van der Waals surface area contributed by atoms with Crippen LogP contribution in [0.1, 0.15) is 82.3 Å². The number of benzene rings is 1. The van der Waals surface area contributed by atoms with Crippen LogP contribution in [0.3, 0.4) is 0 Å². The number of rotatable bonds is 12. The molecular weight excluding hydrogens is 575 g/mol. The van der Waals surface area contributed by atoms with Crippen molar-refractivity contribution >= 4 is 45.5 Å². The SMILES string of the molecule is CCCCCCCCCC1=NC2(CCN(S(=O)(=O)C=Cc3ccc(N4C(=O)CNC4=O)cc3C(F)(F)F)CC2)C(=O)N1. The molecule has 3 aliphatic rings. The van der Waals surface area contributed by atoms with Gasteiger partial charge in [0, 0.05) is 24.9 Å². The largest absolute Gasteiger partial charge is 0.417 e. The number of piperidine rings is 1. The summed E-state index contributed by atoms with van der Waals surface area (Å²) in [7, 11) is -4.12. The number of hydrogen-bond donors (Lipinski definition) is 2. The maximum Gasteiger partial charge on any atom is 0.417 e.